The zero-order valence-corrected chi connectivity index (χ0v) is 13.2. The quantitative estimate of drug-likeness (QED) is 0.861. The number of hydrogen-bond acceptors (Lipinski definition) is 2. The van der Waals surface area contributed by atoms with Gasteiger partial charge in [-0.1, -0.05) is 48.7 Å². The molecule has 2 aromatic rings. The molecule has 0 aliphatic rings. The summed E-state index contributed by atoms with van der Waals surface area (Å²) in [6, 6.07) is 7.32. The first kappa shape index (κ1) is 15.9. The molecule has 0 fully saturated rings. The molecule has 0 saturated carbocycles. The van der Waals surface area contributed by atoms with Crippen molar-refractivity contribution in [1.82, 2.24) is 9.55 Å². The van der Waals surface area contributed by atoms with E-state index in [4.69, 9.17) is 23.2 Å². The molecule has 4 nitrogen and oxygen atoms in total. The van der Waals surface area contributed by atoms with Crippen molar-refractivity contribution >= 4 is 29.2 Å². The molecule has 1 heterocycles. The summed E-state index contributed by atoms with van der Waals surface area (Å²) >= 11 is 12.0. The number of carboxylic acid groups (broad SMARTS) is 1. The number of unbranched alkanes of at least 4 members (excludes halogenated alkanes) is 1. The van der Waals surface area contributed by atoms with Crippen LogP contribution in [0.2, 0.25) is 10.2 Å². The molecule has 6 heteroatoms. The maximum atomic E-state index is 11.4. The Labute approximate surface area is 133 Å². The first-order valence-corrected chi connectivity index (χ1v) is 7.51. The summed E-state index contributed by atoms with van der Waals surface area (Å²) in [5.74, 6) is -0.378. The van der Waals surface area contributed by atoms with Gasteiger partial charge in [0.05, 0.1) is 0 Å². The molecule has 0 aliphatic heterocycles. The van der Waals surface area contributed by atoms with Crippen LogP contribution in [-0.2, 0) is 13.0 Å². The van der Waals surface area contributed by atoms with E-state index in [9.17, 15) is 9.90 Å². The van der Waals surface area contributed by atoms with E-state index >= 15 is 0 Å². The van der Waals surface area contributed by atoms with E-state index in [0.717, 1.165) is 18.4 Å². The maximum absolute atomic E-state index is 11.4. The van der Waals surface area contributed by atoms with E-state index in [1.54, 1.807) is 10.6 Å². The van der Waals surface area contributed by atoms with Crippen LogP contribution in [-0.4, -0.2) is 20.6 Å². The molecule has 0 atom stereocenters. The molecule has 21 heavy (non-hydrogen) atoms. The lowest BCUT2D eigenvalue weighted by Gasteiger charge is -2.10. The van der Waals surface area contributed by atoms with Gasteiger partial charge in [-0.25, -0.2) is 9.78 Å². The van der Waals surface area contributed by atoms with E-state index in [0.29, 0.717) is 23.8 Å². The number of carboxylic acids is 1. The Kier molecular flexibility index (Phi) is 5.26. The summed E-state index contributed by atoms with van der Waals surface area (Å²) in [5.41, 5.74) is 0.944. The van der Waals surface area contributed by atoms with Gasteiger partial charge in [-0.2, -0.15) is 0 Å². The van der Waals surface area contributed by atoms with Crippen LogP contribution in [0.15, 0.2) is 24.3 Å². The van der Waals surface area contributed by atoms with E-state index in [1.807, 2.05) is 18.2 Å². The fourth-order valence-corrected chi connectivity index (χ4v) is 2.68. The predicted molar refractivity (Wildman–Crippen MR) is 83.4 cm³/mol. The highest BCUT2D eigenvalue weighted by Crippen LogP contribution is 2.21. The topological polar surface area (TPSA) is 55.1 Å². The molecular formula is C15H16Cl2N2O2. The van der Waals surface area contributed by atoms with Crippen LogP contribution >= 0.6 is 23.2 Å². The average molecular weight is 327 g/mol. The van der Waals surface area contributed by atoms with Gasteiger partial charge in [-0.15, -0.1) is 0 Å². The third-order valence-electron chi connectivity index (χ3n) is 3.19. The van der Waals surface area contributed by atoms with Crippen molar-refractivity contribution in [3.8, 4) is 0 Å². The molecule has 0 unspecified atom stereocenters. The number of aromatic nitrogens is 2. The number of aryl methyl sites for hydroxylation is 1. The van der Waals surface area contributed by atoms with Crippen LogP contribution in [0.3, 0.4) is 0 Å². The highest BCUT2D eigenvalue weighted by atomic mass is 35.5. The van der Waals surface area contributed by atoms with Crippen LogP contribution in [0, 0.1) is 0 Å². The van der Waals surface area contributed by atoms with Crippen molar-refractivity contribution in [3.63, 3.8) is 0 Å². The van der Waals surface area contributed by atoms with Crippen molar-refractivity contribution < 1.29 is 9.90 Å². The number of aromatic carboxylic acids is 1. The van der Waals surface area contributed by atoms with Crippen molar-refractivity contribution in [2.24, 2.45) is 0 Å². The van der Waals surface area contributed by atoms with Gasteiger partial charge < -0.3 is 9.67 Å². The summed E-state index contributed by atoms with van der Waals surface area (Å²) in [7, 11) is 0. The number of imidazole rings is 1. The first-order valence-electron chi connectivity index (χ1n) is 6.75. The van der Waals surface area contributed by atoms with Crippen LogP contribution in [0.25, 0.3) is 0 Å². The van der Waals surface area contributed by atoms with Crippen LogP contribution < -0.4 is 0 Å². The van der Waals surface area contributed by atoms with E-state index in [1.165, 1.54) is 0 Å². The molecule has 0 spiro atoms. The van der Waals surface area contributed by atoms with Gasteiger partial charge in [0.15, 0.2) is 10.8 Å². The van der Waals surface area contributed by atoms with E-state index < -0.39 is 5.97 Å². The number of hydrogen-bond donors (Lipinski definition) is 1. The minimum absolute atomic E-state index is 0.0303. The molecule has 1 aromatic carbocycles. The van der Waals surface area contributed by atoms with Gasteiger partial charge in [-0.3, -0.25) is 0 Å². The first-order chi connectivity index (χ1) is 10.0. The Balaban J connectivity index is 2.41. The summed E-state index contributed by atoms with van der Waals surface area (Å²) in [6.07, 6.45) is 2.63. The average Bonchev–Trinajstić information content (AvgIpc) is 2.72. The van der Waals surface area contributed by atoms with Gasteiger partial charge in [0.25, 0.3) is 0 Å². The lowest BCUT2D eigenvalue weighted by Crippen LogP contribution is -2.13. The van der Waals surface area contributed by atoms with Gasteiger partial charge >= 0.3 is 5.97 Å². The second kappa shape index (κ2) is 6.96. The SMILES string of the molecule is CCCCc1nc(Cl)c(C(=O)O)n1Cc1cccc(Cl)c1. The smallest absolute Gasteiger partial charge is 0.355 e. The number of benzene rings is 1. The summed E-state index contributed by atoms with van der Waals surface area (Å²) < 4.78 is 1.66. The van der Waals surface area contributed by atoms with E-state index in [-0.39, 0.29) is 10.8 Å². The molecule has 0 bridgehead atoms. The second-order valence-electron chi connectivity index (χ2n) is 4.79. The largest absolute Gasteiger partial charge is 0.476 e. The monoisotopic (exact) mass is 326 g/mol. The Morgan fingerprint density at radius 3 is 2.76 bits per heavy atom. The van der Waals surface area contributed by atoms with Crippen LogP contribution in [0.4, 0.5) is 0 Å². The standard InChI is InChI=1S/C15H16Cl2N2O2/c1-2-3-7-12-18-14(17)13(15(20)21)19(12)9-10-5-4-6-11(16)8-10/h4-6,8H,2-3,7,9H2,1H3,(H,20,21). The third kappa shape index (κ3) is 3.77. The number of carbonyl (C=O) groups is 1. The van der Waals surface area contributed by atoms with Crippen LogP contribution in [0.1, 0.15) is 41.6 Å². The second-order valence-corrected chi connectivity index (χ2v) is 5.59. The molecule has 0 aliphatic carbocycles. The number of nitrogens with zero attached hydrogens (tertiary/aromatic N) is 2. The maximum Gasteiger partial charge on any atom is 0.355 e. The van der Waals surface area contributed by atoms with Crippen molar-refractivity contribution in [2.45, 2.75) is 32.7 Å². The lowest BCUT2D eigenvalue weighted by atomic mass is 10.2. The molecular weight excluding hydrogens is 311 g/mol. The number of halogens is 2. The minimum atomic E-state index is -1.07. The normalized spacial score (nSPS) is 10.8. The van der Waals surface area contributed by atoms with Gasteiger partial charge in [-0.05, 0) is 24.1 Å². The fraction of sp³-hybridized carbons (Fsp3) is 0.333. The zero-order valence-electron chi connectivity index (χ0n) is 11.6. The van der Waals surface area contributed by atoms with Crippen LogP contribution in [0.5, 0.6) is 0 Å². The molecule has 0 radical (unpaired) electrons. The highest BCUT2D eigenvalue weighted by Gasteiger charge is 2.21. The molecule has 0 saturated heterocycles. The predicted octanol–water partition coefficient (Wildman–Crippen LogP) is 4.28. The highest BCUT2D eigenvalue weighted by molar-refractivity contribution is 6.32. The summed E-state index contributed by atoms with van der Waals surface area (Å²) in [5, 5.41) is 10.0. The van der Waals surface area contributed by atoms with Gasteiger partial charge in [0, 0.05) is 18.0 Å². The van der Waals surface area contributed by atoms with Crippen molar-refractivity contribution in [2.75, 3.05) is 0 Å². The fourth-order valence-electron chi connectivity index (χ4n) is 2.18. The third-order valence-corrected chi connectivity index (χ3v) is 3.69. The molecule has 2 rings (SSSR count). The Bertz CT molecular complexity index is 653. The molecule has 1 N–H and O–H groups in total. The van der Waals surface area contributed by atoms with Crippen molar-refractivity contribution in [3.05, 3.63) is 51.5 Å². The molecule has 1 aromatic heterocycles. The lowest BCUT2D eigenvalue weighted by molar-refractivity contribution is 0.0685. The Morgan fingerprint density at radius 2 is 2.14 bits per heavy atom. The summed E-state index contributed by atoms with van der Waals surface area (Å²) in [6.45, 7) is 2.46. The van der Waals surface area contributed by atoms with Crippen molar-refractivity contribution in [1.29, 1.82) is 0 Å². The minimum Gasteiger partial charge on any atom is -0.476 e. The molecule has 0 amide bonds. The van der Waals surface area contributed by atoms with Gasteiger partial charge in [0.2, 0.25) is 0 Å². The Hall–Kier alpha value is -1.52. The van der Waals surface area contributed by atoms with Gasteiger partial charge in [0.1, 0.15) is 5.82 Å². The Morgan fingerprint density at radius 1 is 1.38 bits per heavy atom. The summed E-state index contributed by atoms with van der Waals surface area (Å²) in [4.78, 5) is 15.6. The van der Waals surface area contributed by atoms with E-state index in [2.05, 4.69) is 11.9 Å². The number of rotatable bonds is 6. The molecule has 112 valence electrons. The zero-order chi connectivity index (χ0) is 15.4.